The van der Waals surface area contributed by atoms with Crippen molar-refractivity contribution in [2.24, 2.45) is 0 Å². The Morgan fingerprint density at radius 1 is 1.35 bits per heavy atom. The van der Waals surface area contributed by atoms with Crippen molar-refractivity contribution >= 4 is 11.4 Å². The normalized spacial score (nSPS) is 8.60. The van der Waals surface area contributed by atoms with Gasteiger partial charge in [-0.2, -0.15) is 0 Å². The van der Waals surface area contributed by atoms with Gasteiger partial charge in [0, 0.05) is 17.8 Å². The summed E-state index contributed by atoms with van der Waals surface area (Å²) in [4.78, 5) is 10.0. The smallest absolute Gasteiger partial charge is 0.271 e. The zero-order valence-corrected chi connectivity index (χ0v) is 12.9. The van der Waals surface area contributed by atoms with Gasteiger partial charge in [-0.15, -0.1) is 6.58 Å². The monoisotopic (exact) mass is 282 g/mol. The first-order chi connectivity index (χ1) is 9.54. The van der Waals surface area contributed by atoms with Gasteiger partial charge in [-0.3, -0.25) is 10.1 Å². The summed E-state index contributed by atoms with van der Waals surface area (Å²) in [5.74, 6) is 0. The van der Waals surface area contributed by atoms with Gasteiger partial charge < -0.3 is 10.5 Å². The zero-order valence-electron chi connectivity index (χ0n) is 12.9. The summed E-state index contributed by atoms with van der Waals surface area (Å²) in [6, 6.07) is 4.41. The fourth-order valence-electron chi connectivity index (χ4n) is 1.15. The molecule has 1 rings (SSSR count). The fraction of sp³-hybridized carbons (Fsp3) is 0.467. The molecule has 0 atom stereocenters. The van der Waals surface area contributed by atoms with Crippen molar-refractivity contribution in [2.75, 3.05) is 12.3 Å². The summed E-state index contributed by atoms with van der Waals surface area (Å²) < 4.78 is 5.16. The molecule has 2 N–H and O–H groups in total. The van der Waals surface area contributed by atoms with Crippen molar-refractivity contribution in [2.45, 2.75) is 40.7 Å². The molecule has 0 saturated carbocycles. The van der Waals surface area contributed by atoms with Crippen molar-refractivity contribution < 1.29 is 9.66 Å². The summed E-state index contributed by atoms with van der Waals surface area (Å²) in [6.45, 7) is 12.4. The number of nitro benzene ring substituents is 1. The van der Waals surface area contributed by atoms with Crippen LogP contribution in [0.25, 0.3) is 0 Å². The van der Waals surface area contributed by atoms with Gasteiger partial charge in [-0.1, -0.05) is 40.2 Å². The van der Waals surface area contributed by atoms with Gasteiger partial charge in [-0.05, 0) is 11.6 Å². The number of nitrogens with two attached hydrogens (primary N) is 1. The third-order valence-electron chi connectivity index (χ3n) is 1.72. The highest BCUT2D eigenvalue weighted by atomic mass is 16.6. The van der Waals surface area contributed by atoms with Gasteiger partial charge in [0.05, 0.1) is 18.1 Å². The Labute approximate surface area is 121 Å². The Hall–Kier alpha value is -1.88. The second-order valence-electron chi connectivity index (χ2n) is 3.70. The Bertz CT molecular complexity index is 393. The van der Waals surface area contributed by atoms with Crippen molar-refractivity contribution in [3.63, 3.8) is 0 Å². The number of nitrogens with zero attached hydrogens (tertiary/aromatic N) is 1. The maximum Gasteiger partial charge on any atom is 0.271 e. The molecule has 5 heteroatoms. The second kappa shape index (κ2) is 13.5. The molecular weight excluding hydrogens is 256 g/mol. The van der Waals surface area contributed by atoms with E-state index in [2.05, 4.69) is 20.4 Å². The van der Waals surface area contributed by atoms with Crippen LogP contribution in [0.3, 0.4) is 0 Å². The molecule has 20 heavy (non-hydrogen) atoms. The van der Waals surface area contributed by atoms with Crippen LogP contribution in [-0.2, 0) is 11.3 Å². The Morgan fingerprint density at radius 3 is 2.35 bits per heavy atom. The molecule has 5 nitrogen and oxygen atoms in total. The molecule has 0 radical (unpaired) electrons. The quantitative estimate of drug-likeness (QED) is 0.287. The molecule has 0 saturated heterocycles. The van der Waals surface area contributed by atoms with E-state index in [4.69, 9.17) is 10.5 Å². The van der Waals surface area contributed by atoms with Crippen molar-refractivity contribution in [1.82, 2.24) is 0 Å². The van der Waals surface area contributed by atoms with Gasteiger partial charge in [0.15, 0.2) is 0 Å². The number of benzene rings is 1. The van der Waals surface area contributed by atoms with Crippen LogP contribution in [0.5, 0.6) is 0 Å². The number of non-ortho nitro benzene ring substituents is 1. The SMILES string of the molecule is C=CCOCc1cc(N)cc([N+](=O)[O-])c1.CC.CCC. The van der Waals surface area contributed by atoms with E-state index in [9.17, 15) is 10.1 Å². The largest absolute Gasteiger partial charge is 0.399 e. The Balaban J connectivity index is 0. The highest BCUT2D eigenvalue weighted by Crippen LogP contribution is 2.19. The van der Waals surface area contributed by atoms with Gasteiger partial charge >= 0.3 is 0 Å². The van der Waals surface area contributed by atoms with Gasteiger partial charge in [0.1, 0.15) is 0 Å². The molecule has 0 aliphatic rings. The predicted molar refractivity (Wildman–Crippen MR) is 84.7 cm³/mol. The van der Waals surface area contributed by atoms with E-state index in [1.54, 1.807) is 12.1 Å². The van der Waals surface area contributed by atoms with Crippen LogP contribution < -0.4 is 5.73 Å². The first-order valence-electron chi connectivity index (χ1n) is 6.77. The first kappa shape index (κ1) is 20.4. The van der Waals surface area contributed by atoms with Crippen LogP contribution in [-0.4, -0.2) is 11.5 Å². The van der Waals surface area contributed by atoms with Crippen molar-refractivity contribution in [3.05, 3.63) is 46.5 Å². The lowest BCUT2D eigenvalue weighted by Crippen LogP contribution is -1.97. The number of nitrogen functional groups attached to an aromatic ring is 1. The van der Waals surface area contributed by atoms with Gasteiger partial charge in [-0.25, -0.2) is 0 Å². The van der Waals surface area contributed by atoms with E-state index in [1.807, 2.05) is 13.8 Å². The number of rotatable bonds is 5. The lowest BCUT2D eigenvalue weighted by Gasteiger charge is -2.03. The Morgan fingerprint density at radius 2 is 1.90 bits per heavy atom. The van der Waals surface area contributed by atoms with Crippen LogP contribution in [0, 0.1) is 10.1 Å². The summed E-state index contributed by atoms with van der Waals surface area (Å²) in [6.07, 6.45) is 2.86. The molecule has 0 aromatic heterocycles. The highest BCUT2D eigenvalue weighted by molar-refractivity contribution is 5.50. The summed E-state index contributed by atoms with van der Waals surface area (Å²) in [5.41, 5.74) is 6.55. The second-order valence-corrected chi connectivity index (χ2v) is 3.70. The predicted octanol–water partition coefficient (Wildman–Crippen LogP) is 4.32. The van der Waals surface area contributed by atoms with E-state index in [0.717, 1.165) is 0 Å². The number of anilines is 1. The van der Waals surface area contributed by atoms with E-state index < -0.39 is 4.92 Å². The molecule has 0 spiro atoms. The molecule has 1 aromatic carbocycles. The van der Waals surface area contributed by atoms with Crippen LogP contribution in [0.2, 0.25) is 0 Å². The van der Waals surface area contributed by atoms with E-state index in [-0.39, 0.29) is 12.3 Å². The molecular formula is C15H26N2O3. The lowest BCUT2D eigenvalue weighted by atomic mass is 10.2. The fourth-order valence-corrected chi connectivity index (χ4v) is 1.15. The van der Waals surface area contributed by atoms with E-state index in [0.29, 0.717) is 17.9 Å². The molecule has 0 aliphatic heterocycles. The summed E-state index contributed by atoms with van der Waals surface area (Å²) in [7, 11) is 0. The van der Waals surface area contributed by atoms with Crippen LogP contribution in [0.15, 0.2) is 30.9 Å². The van der Waals surface area contributed by atoms with Gasteiger partial charge in [0.25, 0.3) is 5.69 Å². The molecule has 0 amide bonds. The topological polar surface area (TPSA) is 78.4 Å². The highest BCUT2D eigenvalue weighted by Gasteiger charge is 2.08. The average Bonchev–Trinajstić information content (AvgIpc) is 2.41. The number of hydrogen-bond acceptors (Lipinski definition) is 4. The maximum absolute atomic E-state index is 10.5. The molecule has 0 bridgehead atoms. The third kappa shape index (κ3) is 10.1. The standard InChI is InChI=1S/C10H12N2O3.C3H8.C2H6/c1-2-3-15-7-8-4-9(11)6-10(5-8)12(13)14;1-3-2;1-2/h2,4-6H,1,3,7,11H2;3H2,1-2H3;1-2H3. The van der Waals surface area contributed by atoms with Gasteiger partial charge in [0.2, 0.25) is 0 Å². The van der Waals surface area contributed by atoms with Crippen LogP contribution in [0.4, 0.5) is 11.4 Å². The summed E-state index contributed by atoms with van der Waals surface area (Å²) >= 11 is 0. The molecule has 1 aromatic rings. The summed E-state index contributed by atoms with van der Waals surface area (Å²) in [5, 5.41) is 10.5. The minimum Gasteiger partial charge on any atom is -0.399 e. The Kier molecular flexibility index (Phi) is 13.8. The lowest BCUT2D eigenvalue weighted by molar-refractivity contribution is -0.384. The first-order valence-corrected chi connectivity index (χ1v) is 6.77. The molecule has 0 heterocycles. The molecule has 0 aliphatic carbocycles. The van der Waals surface area contributed by atoms with E-state index >= 15 is 0 Å². The zero-order chi connectivity index (χ0) is 16.0. The minimum atomic E-state index is -0.479. The molecule has 0 fully saturated rings. The van der Waals surface area contributed by atoms with Crippen LogP contribution >= 0.6 is 0 Å². The molecule has 0 unspecified atom stereocenters. The van der Waals surface area contributed by atoms with Crippen molar-refractivity contribution in [1.29, 1.82) is 0 Å². The maximum atomic E-state index is 10.5. The van der Waals surface area contributed by atoms with Crippen LogP contribution in [0.1, 0.15) is 39.7 Å². The molecule has 114 valence electrons. The average molecular weight is 282 g/mol. The number of ether oxygens (including phenoxy) is 1. The van der Waals surface area contributed by atoms with E-state index in [1.165, 1.54) is 18.6 Å². The third-order valence-corrected chi connectivity index (χ3v) is 1.72. The number of hydrogen-bond donors (Lipinski definition) is 1. The minimum absolute atomic E-state index is 0.0211. The van der Waals surface area contributed by atoms with Crippen molar-refractivity contribution in [3.8, 4) is 0 Å². The number of nitro groups is 1.